The monoisotopic (exact) mass is 219 g/mol. The van der Waals surface area contributed by atoms with Crippen LogP contribution in [-0.4, -0.2) is 16.2 Å². The molecule has 16 heavy (non-hydrogen) atoms. The van der Waals surface area contributed by atoms with Crippen molar-refractivity contribution < 1.29 is 8.94 Å². The highest BCUT2D eigenvalue weighted by molar-refractivity contribution is 5.44. The standard InChI is InChI=1S/C11H13N3O2/c12-8-4-1-3-7(8)11-13-10(14-16-11)9-5-2-6-15-9/h2,5-8H,1,3-4,12H2/t7-,8+/m1/s1. The van der Waals surface area contributed by atoms with Crippen molar-refractivity contribution >= 4 is 0 Å². The lowest BCUT2D eigenvalue weighted by Gasteiger charge is -2.08. The van der Waals surface area contributed by atoms with Crippen molar-refractivity contribution in [1.29, 1.82) is 0 Å². The Kier molecular flexibility index (Phi) is 2.25. The maximum absolute atomic E-state index is 5.99. The molecule has 1 fully saturated rings. The number of aromatic nitrogens is 2. The highest BCUT2D eigenvalue weighted by Crippen LogP contribution is 2.33. The minimum atomic E-state index is 0.143. The molecule has 0 radical (unpaired) electrons. The normalized spacial score (nSPS) is 25.1. The summed E-state index contributed by atoms with van der Waals surface area (Å²) in [6.07, 6.45) is 4.78. The van der Waals surface area contributed by atoms with Gasteiger partial charge >= 0.3 is 0 Å². The third-order valence-corrected chi connectivity index (χ3v) is 3.07. The van der Waals surface area contributed by atoms with Crippen molar-refractivity contribution in [2.45, 2.75) is 31.2 Å². The van der Waals surface area contributed by atoms with E-state index in [4.69, 9.17) is 14.7 Å². The summed E-state index contributed by atoms with van der Waals surface area (Å²) in [6.45, 7) is 0. The van der Waals surface area contributed by atoms with Gasteiger partial charge in [-0.05, 0) is 25.0 Å². The fourth-order valence-corrected chi connectivity index (χ4v) is 2.19. The fraction of sp³-hybridized carbons (Fsp3) is 0.455. The molecule has 1 aliphatic carbocycles. The van der Waals surface area contributed by atoms with Crippen LogP contribution in [0.25, 0.3) is 11.6 Å². The molecule has 0 spiro atoms. The number of nitrogens with two attached hydrogens (primary N) is 1. The lowest BCUT2D eigenvalue weighted by Crippen LogP contribution is -2.22. The largest absolute Gasteiger partial charge is 0.461 e. The second-order valence-electron chi connectivity index (χ2n) is 4.13. The Morgan fingerprint density at radius 2 is 2.31 bits per heavy atom. The van der Waals surface area contributed by atoms with E-state index in [1.165, 1.54) is 0 Å². The molecular formula is C11H13N3O2. The van der Waals surface area contributed by atoms with E-state index in [9.17, 15) is 0 Å². The molecule has 0 unspecified atom stereocenters. The minimum Gasteiger partial charge on any atom is -0.461 e. The highest BCUT2D eigenvalue weighted by Gasteiger charge is 2.30. The van der Waals surface area contributed by atoms with Gasteiger partial charge in [-0.25, -0.2) is 0 Å². The molecule has 1 saturated carbocycles. The summed E-state index contributed by atoms with van der Waals surface area (Å²) >= 11 is 0. The van der Waals surface area contributed by atoms with Gasteiger partial charge in [0.1, 0.15) is 0 Å². The van der Waals surface area contributed by atoms with Crippen molar-refractivity contribution in [1.82, 2.24) is 10.1 Å². The molecule has 5 heteroatoms. The first-order chi connectivity index (χ1) is 7.84. The first-order valence-electron chi connectivity index (χ1n) is 5.47. The fourth-order valence-electron chi connectivity index (χ4n) is 2.19. The summed E-state index contributed by atoms with van der Waals surface area (Å²) in [4.78, 5) is 4.33. The molecule has 84 valence electrons. The average molecular weight is 219 g/mol. The predicted octanol–water partition coefficient (Wildman–Crippen LogP) is 1.92. The van der Waals surface area contributed by atoms with Gasteiger partial charge in [-0.2, -0.15) is 4.98 Å². The van der Waals surface area contributed by atoms with Gasteiger partial charge in [-0.15, -0.1) is 0 Å². The van der Waals surface area contributed by atoms with E-state index in [1.54, 1.807) is 12.3 Å². The van der Waals surface area contributed by atoms with E-state index in [0.29, 0.717) is 17.5 Å². The highest BCUT2D eigenvalue weighted by atomic mass is 16.5. The van der Waals surface area contributed by atoms with Crippen molar-refractivity contribution in [3.8, 4) is 11.6 Å². The molecule has 3 rings (SSSR count). The van der Waals surface area contributed by atoms with Crippen LogP contribution in [0.15, 0.2) is 27.3 Å². The summed E-state index contributed by atoms with van der Waals surface area (Å²) in [6, 6.07) is 3.75. The molecule has 2 atom stereocenters. The topological polar surface area (TPSA) is 78.1 Å². The second-order valence-corrected chi connectivity index (χ2v) is 4.13. The summed E-state index contributed by atoms with van der Waals surface area (Å²) in [7, 11) is 0. The van der Waals surface area contributed by atoms with Gasteiger partial charge in [0, 0.05) is 6.04 Å². The van der Waals surface area contributed by atoms with Crippen LogP contribution in [0.3, 0.4) is 0 Å². The summed E-state index contributed by atoms with van der Waals surface area (Å²) in [5, 5.41) is 3.90. The van der Waals surface area contributed by atoms with Gasteiger partial charge < -0.3 is 14.7 Å². The van der Waals surface area contributed by atoms with Crippen molar-refractivity contribution in [3.05, 3.63) is 24.3 Å². The maximum Gasteiger partial charge on any atom is 0.238 e. The smallest absolute Gasteiger partial charge is 0.238 e. The van der Waals surface area contributed by atoms with Gasteiger partial charge in [0.2, 0.25) is 11.7 Å². The Labute approximate surface area is 92.6 Å². The zero-order valence-electron chi connectivity index (χ0n) is 8.80. The maximum atomic E-state index is 5.99. The number of rotatable bonds is 2. The Balaban J connectivity index is 1.88. The van der Waals surface area contributed by atoms with Gasteiger partial charge in [-0.3, -0.25) is 0 Å². The molecule has 2 heterocycles. The minimum absolute atomic E-state index is 0.143. The van der Waals surface area contributed by atoms with Gasteiger partial charge in [0.05, 0.1) is 12.2 Å². The van der Waals surface area contributed by atoms with E-state index < -0.39 is 0 Å². The lowest BCUT2D eigenvalue weighted by molar-refractivity contribution is 0.344. The predicted molar refractivity (Wildman–Crippen MR) is 56.6 cm³/mol. The van der Waals surface area contributed by atoms with Crippen LogP contribution in [0.4, 0.5) is 0 Å². The number of hydrogen-bond donors (Lipinski definition) is 1. The average Bonchev–Trinajstić information content (AvgIpc) is 2.96. The molecule has 1 aliphatic rings. The van der Waals surface area contributed by atoms with Gasteiger partial charge in [0.25, 0.3) is 0 Å². The van der Waals surface area contributed by atoms with Crippen LogP contribution in [0.5, 0.6) is 0 Å². The van der Waals surface area contributed by atoms with Crippen LogP contribution in [-0.2, 0) is 0 Å². The van der Waals surface area contributed by atoms with E-state index in [-0.39, 0.29) is 12.0 Å². The molecule has 2 aromatic heterocycles. The third-order valence-electron chi connectivity index (χ3n) is 3.07. The third kappa shape index (κ3) is 1.53. The van der Waals surface area contributed by atoms with Crippen LogP contribution in [0.2, 0.25) is 0 Å². The van der Waals surface area contributed by atoms with Gasteiger partial charge in [-0.1, -0.05) is 11.6 Å². The molecule has 0 saturated heterocycles. The van der Waals surface area contributed by atoms with Crippen LogP contribution in [0.1, 0.15) is 31.1 Å². The first-order valence-corrected chi connectivity index (χ1v) is 5.47. The zero-order valence-corrected chi connectivity index (χ0v) is 8.80. The van der Waals surface area contributed by atoms with Crippen molar-refractivity contribution in [2.75, 3.05) is 0 Å². The van der Waals surface area contributed by atoms with Crippen molar-refractivity contribution in [3.63, 3.8) is 0 Å². The Morgan fingerprint density at radius 1 is 1.38 bits per heavy atom. The Morgan fingerprint density at radius 3 is 3.00 bits per heavy atom. The number of nitrogens with zero attached hydrogens (tertiary/aromatic N) is 2. The Hall–Kier alpha value is -1.62. The molecule has 2 N–H and O–H groups in total. The van der Waals surface area contributed by atoms with Crippen LogP contribution in [0, 0.1) is 0 Å². The number of hydrogen-bond acceptors (Lipinski definition) is 5. The van der Waals surface area contributed by atoms with E-state index in [1.807, 2.05) is 6.07 Å². The van der Waals surface area contributed by atoms with Crippen LogP contribution < -0.4 is 5.73 Å². The van der Waals surface area contributed by atoms with E-state index in [2.05, 4.69) is 10.1 Å². The molecule has 5 nitrogen and oxygen atoms in total. The molecule has 0 bridgehead atoms. The lowest BCUT2D eigenvalue weighted by atomic mass is 10.1. The molecule has 0 aliphatic heterocycles. The SMILES string of the molecule is N[C@H]1CCC[C@H]1c1nc(-c2ccco2)no1. The van der Waals surface area contributed by atoms with E-state index in [0.717, 1.165) is 19.3 Å². The summed E-state index contributed by atoms with van der Waals surface area (Å²) in [5.74, 6) is 1.97. The van der Waals surface area contributed by atoms with Crippen molar-refractivity contribution in [2.24, 2.45) is 5.73 Å². The molecular weight excluding hydrogens is 206 g/mol. The van der Waals surface area contributed by atoms with Crippen LogP contribution >= 0.6 is 0 Å². The molecule has 0 aromatic carbocycles. The first kappa shape index (κ1) is 9.59. The number of furan rings is 1. The zero-order chi connectivity index (χ0) is 11.0. The summed E-state index contributed by atoms with van der Waals surface area (Å²) in [5.41, 5.74) is 5.99. The molecule has 2 aromatic rings. The van der Waals surface area contributed by atoms with Gasteiger partial charge in [0.15, 0.2) is 5.76 Å². The molecule has 0 amide bonds. The second kappa shape index (κ2) is 3.75. The summed E-state index contributed by atoms with van der Waals surface area (Å²) < 4.78 is 10.4. The Bertz CT molecular complexity index is 463. The quantitative estimate of drug-likeness (QED) is 0.834. The van der Waals surface area contributed by atoms with E-state index >= 15 is 0 Å².